The fourth-order valence-corrected chi connectivity index (χ4v) is 3.20. The molecule has 1 amide bonds. The van der Waals surface area contributed by atoms with E-state index in [2.05, 4.69) is 18.4 Å². The molecule has 0 heterocycles. The smallest absolute Gasteiger partial charge is 0.471 e. The molecule has 3 rings (SSSR count). The zero-order valence-corrected chi connectivity index (χ0v) is 20.1. The van der Waals surface area contributed by atoms with Crippen molar-refractivity contribution < 1.29 is 27.9 Å². The van der Waals surface area contributed by atoms with Crippen LogP contribution in [0.2, 0.25) is 0 Å². The van der Waals surface area contributed by atoms with Crippen molar-refractivity contribution in [3.05, 3.63) is 120 Å². The van der Waals surface area contributed by atoms with Crippen molar-refractivity contribution in [1.82, 2.24) is 5.32 Å². The van der Waals surface area contributed by atoms with E-state index < -0.39 is 30.0 Å². The van der Waals surface area contributed by atoms with Crippen molar-refractivity contribution in [2.24, 2.45) is 5.73 Å². The number of rotatable bonds is 6. The maximum Gasteiger partial charge on any atom is 0.471 e. The van der Waals surface area contributed by atoms with E-state index in [1.807, 2.05) is 67.6 Å². The summed E-state index contributed by atoms with van der Waals surface area (Å²) in [5.41, 5.74) is 8.65. The molecule has 3 atom stereocenters. The number of alkyl halides is 3. The van der Waals surface area contributed by atoms with Gasteiger partial charge in [-0.1, -0.05) is 78.6 Å². The first kappa shape index (κ1) is 28.9. The van der Waals surface area contributed by atoms with Gasteiger partial charge in [0.1, 0.15) is 6.04 Å². The van der Waals surface area contributed by atoms with Crippen LogP contribution >= 0.6 is 0 Å². The molecule has 0 aromatic heterocycles. The van der Waals surface area contributed by atoms with Gasteiger partial charge >= 0.3 is 18.1 Å². The number of carbonyl (C=O) groups is 2. The molecule has 0 saturated carbocycles. The van der Waals surface area contributed by atoms with Gasteiger partial charge in [-0.2, -0.15) is 13.2 Å². The number of nitrogens with two attached hydrogens (primary N) is 1. The van der Waals surface area contributed by atoms with Crippen LogP contribution in [0, 0.1) is 11.8 Å². The third-order valence-corrected chi connectivity index (χ3v) is 5.17. The molecule has 0 fully saturated rings. The maximum absolute atomic E-state index is 12.5. The van der Waals surface area contributed by atoms with Crippen molar-refractivity contribution in [2.75, 3.05) is 0 Å². The van der Waals surface area contributed by atoms with E-state index in [0.29, 0.717) is 11.1 Å². The summed E-state index contributed by atoms with van der Waals surface area (Å²) in [4.78, 5) is 22.6. The largest absolute Gasteiger partial charge is 0.480 e. The lowest BCUT2D eigenvalue weighted by molar-refractivity contribution is -0.175. The molecule has 0 saturated heterocycles. The summed E-state index contributed by atoms with van der Waals surface area (Å²) < 4.78 is 37.4. The number of hydrogen-bond acceptors (Lipinski definition) is 3. The van der Waals surface area contributed by atoms with Crippen LogP contribution in [0.5, 0.6) is 0 Å². The molecule has 8 heteroatoms. The zero-order valence-electron chi connectivity index (χ0n) is 20.1. The Morgan fingerprint density at radius 1 is 0.892 bits per heavy atom. The molecule has 0 unspecified atom stereocenters. The first-order valence-corrected chi connectivity index (χ1v) is 11.2. The van der Waals surface area contributed by atoms with Gasteiger partial charge in [0.15, 0.2) is 0 Å². The Hall–Kier alpha value is -4.35. The molecule has 0 aliphatic rings. The van der Waals surface area contributed by atoms with Crippen LogP contribution in [0.1, 0.15) is 41.1 Å². The van der Waals surface area contributed by atoms with Crippen molar-refractivity contribution >= 4 is 11.9 Å². The van der Waals surface area contributed by atoms with Crippen LogP contribution in [-0.2, 0) is 9.59 Å². The third-order valence-electron chi connectivity index (χ3n) is 5.17. The number of carboxylic acids is 1. The molecule has 192 valence electrons. The van der Waals surface area contributed by atoms with E-state index >= 15 is 0 Å². The maximum atomic E-state index is 12.5. The molecule has 4 N–H and O–H groups in total. The minimum absolute atomic E-state index is 0.159. The lowest BCUT2D eigenvalue weighted by Gasteiger charge is -2.23. The molecule has 0 radical (unpaired) electrons. The average Bonchev–Trinajstić information content (AvgIpc) is 2.88. The van der Waals surface area contributed by atoms with Gasteiger partial charge in [-0.05, 0) is 42.3 Å². The summed E-state index contributed by atoms with van der Waals surface area (Å²) in [5.74, 6) is 0.920. The van der Waals surface area contributed by atoms with E-state index in [0.717, 1.165) is 5.56 Å². The summed E-state index contributed by atoms with van der Waals surface area (Å²) in [6, 6.07) is 24.0. The van der Waals surface area contributed by atoms with Crippen molar-refractivity contribution in [3.8, 4) is 11.8 Å². The Bertz CT molecular complexity index is 1230. The standard InChI is InChI=1S/C21H16F3NO3.C8H11N/c1-2-17(18(19(26)27)25-20(28)21(22,23)24)16-12-10-15(11-13-16)9-8-14-6-4-3-5-7-14;1-7(9)8-5-3-2-4-6-8/h2-7,10-13,17-18H,1H2,(H,25,28)(H,26,27);2-7H,9H2,1H3/t17-,18-;7-/m01/s1. The molecule has 0 aliphatic carbocycles. The Morgan fingerprint density at radius 3 is 1.78 bits per heavy atom. The van der Waals surface area contributed by atoms with Crippen LogP contribution < -0.4 is 11.1 Å². The van der Waals surface area contributed by atoms with E-state index in [1.54, 1.807) is 12.1 Å². The fourth-order valence-electron chi connectivity index (χ4n) is 3.20. The van der Waals surface area contributed by atoms with E-state index in [4.69, 9.17) is 5.73 Å². The van der Waals surface area contributed by atoms with Crippen LogP contribution in [0.15, 0.2) is 97.6 Å². The van der Waals surface area contributed by atoms with Gasteiger partial charge in [0.05, 0.1) is 0 Å². The van der Waals surface area contributed by atoms with E-state index in [9.17, 15) is 27.9 Å². The van der Waals surface area contributed by atoms with Crippen molar-refractivity contribution in [3.63, 3.8) is 0 Å². The van der Waals surface area contributed by atoms with Crippen LogP contribution in [0.3, 0.4) is 0 Å². The van der Waals surface area contributed by atoms with Crippen LogP contribution in [-0.4, -0.2) is 29.2 Å². The molecule has 37 heavy (non-hydrogen) atoms. The van der Waals surface area contributed by atoms with Gasteiger partial charge in [-0.25, -0.2) is 4.79 Å². The first-order valence-electron chi connectivity index (χ1n) is 11.2. The summed E-state index contributed by atoms with van der Waals surface area (Å²) in [7, 11) is 0. The molecule has 0 aliphatic heterocycles. The number of amides is 1. The second-order valence-electron chi connectivity index (χ2n) is 7.99. The molecule has 0 bridgehead atoms. The quantitative estimate of drug-likeness (QED) is 0.316. The first-order chi connectivity index (χ1) is 17.5. The highest BCUT2D eigenvalue weighted by molar-refractivity contribution is 5.87. The van der Waals surface area contributed by atoms with Gasteiger partial charge in [-0.15, -0.1) is 6.58 Å². The number of carbonyl (C=O) groups excluding carboxylic acids is 1. The monoisotopic (exact) mass is 508 g/mol. The Kier molecular flexibility index (Phi) is 10.7. The number of carboxylic acid groups (broad SMARTS) is 1. The van der Waals surface area contributed by atoms with Crippen molar-refractivity contribution in [1.29, 1.82) is 0 Å². The Balaban J connectivity index is 0.000000449. The lowest BCUT2D eigenvalue weighted by atomic mass is 9.90. The van der Waals surface area contributed by atoms with Crippen molar-refractivity contribution in [2.45, 2.75) is 31.1 Å². The minimum atomic E-state index is -5.18. The summed E-state index contributed by atoms with van der Waals surface area (Å²) in [5, 5.41) is 10.8. The van der Waals surface area contributed by atoms with Gasteiger partial charge in [0.25, 0.3) is 0 Å². The molecule has 3 aromatic rings. The predicted molar refractivity (Wildman–Crippen MR) is 136 cm³/mol. The average molecular weight is 509 g/mol. The summed E-state index contributed by atoms with van der Waals surface area (Å²) in [6.45, 7) is 5.47. The third kappa shape index (κ3) is 9.32. The Labute approximate surface area is 213 Å². The van der Waals surface area contributed by atoms with Gasteiger partial charge in [0.2, 0.25) is 0 Å². The number of hydrogen-bond donors (Lipinski definition) is 3. The second-order valence-corrected chi connectivity index (χ2v) is 7.99. The highest BCUT2D eigenvalue weighted by atomic mass is 19.4. The second kappa shape index (κ2) is 13.7. The molecule has 3 aromatic carbocycles. The molecule has 0 spiro atoms. The molecular weight excluding hydrogens is 481 g/mol. The molecular formula is C29H27F3N2O3. The van der Waals surface area contributed by atoms with E-state index in [1.165, 1.54) is 29.1 Å². The summed E-state index contributed by atoms with van der Waals surface area (Å²) in [6.07, 6.45) is -4.00. The van der Waals surface area contributed by atoms with Gasteiger partial charge in [0, 0.05) is 23.1 Å². The minimum Gasteiger partial charge on any atom is -0.480 e. The summed E-state index contributed by atoms with van der Waals surface area (Å²) >= 11 is 0. The van der Waals surface area contributed by atoms with Crippen LogP contribution in [0.4, 0.5) is 13.2 Å². The number of aliphatic carboxylic acids is 1. The van der Waals surface area contributed by atoms with Crippen LogP contribution in [0.25, 0.3) is 0 Å². The normalized spacial score (nSPS) is 12.9. The molecule has 5 nitrogen and oxygen atoms in total. The Morgan fingerprint density at radius 2 is 1.38 bits per heavy atom. The zero-order chi connectivity index (χ0) is 27.4. The highest BCUT2D eigenvalue weighted by Gasteiger charge is 2.42. The number of benzene rings is 3. The SMILES string of the molecule is C=C[C@@H](c1ccc(C#Cc2ccccc2)cc1)[C@H](NC(=O)C(F)(F)F)C(=O)O.C[C@@H](N)c1ccccc1. The fraction of sp³-hybridized carbons (Fsp3) is 0.172. The number of halogens is 3. The topological polar surface area (TPSA) is 92.4 Å². The number of nitrogens with one attached hydrogen (secondary N) is 1. The van der Waals surface area contributed by atoms with Gasteiger partial charge < -0.3 is 16.2 Å². The lowest BCUT2D eigenvalue weighted by Crippen LogP contribution is -2.49. The highest BCUT2D eigenvalue weighted by Crippen LogP contribution is 2.24. The van der Waals surface area contributed by atoms with Gasteiger partial charge in [-0.3, -0.25) is 4.79 Å². The predicted octanol–water partition coefficient (Wildman–Crippen LogP) is 5.19. The van der Waals surface area contributed by atoms with E-state index in [-0.39, 0.29) is 6.04 Å².